The van der Waals surface area contributed by atoms with Gasteiger partial charge >= 0.3 is 12.1 Å². The number of hydrogen-bond acceptors (Lipinski definition) is 8. The fraction of sp³-hybridized carbons (Fsp3) is 0.212. The molecule has 3 aromatic carbocycles. The standard InChI is InChI=1S/C33H27F7N6O2/c34-26-10-13-28(29(35)15-26)31(47,20-46-21-43-44-45-46)33(39,40)30-14-9-24(17-42-30)2-1-22-7-11-27(12-8-22)48-18-25-5-3-23(4-6-25)16-41-19-32(36,37)38/h3-15,17,21,41,44-45,47H,16,18-20H2. The van der Waals surface area contributed by atoms with E-state index in [1.165, 1.54) is 6.07 Å². The van der Waals surface area contributed by atoms with Crippen LogP contribution < -0.4 is 21.1 Å². The highest BCUT2D eigenvalue weighted by molar-refractivity contribution is 5.55. The van der Waals surface area contributed by atoms with Gasteiger partial charge in [0.05, 0.1) is 13.1 Å². The van der Waals surface area contributed by atoms with Crippen molar-refractivity contribution in [3.05, 3.63) is 130 Å². The molecule has 15 heteroatoms. The van der Waals surface area contributed by atoms with E-state index in [1.807, 2.05) is 0 Å². The number of benzene rings is 3. The van der Waals surface area contributed by atoms with E-state index in [-0.39, 0.29) is 18.7 Å². The molecule has 1 atom stereocenters. The van der Waals surface area contributed by atoms with Gasteiger partial charge < -0.3 is 15.2 Å². The van der Waals surface area contributed by atoms with Crippen molar-refractivity contribution >= 4 is 6.34 Å². The van der Waals surface area contributed by atoms with E-state index in [9.17, 15) is 27.1 Å². The van der Waals surface area contributed by atoms with E-state index in [0.717, 1.165) is 41.3 Å². The van der Waals surface area contributed by atoms with Gasteiger partial charge in [0.25, 0.3) is 0 Å². The molecule has 4 aromatic rings. The first-order valence-electron chi connectivity index (χ1n) is 14.3. The average Bonchev–Trinajstić information content (AvgIpc) is 3.56. The Labute approximate surface area is 270 Å². The number of aromatic nitrogens is 1. The maximum Gasteiger partial charge on any atom is 0.401 e. The molecule has 0 aliphatic carbocycles. The Balaban J connectivity index is 1.22. The first-order chi connectivity index (χ1) is 22.8. The van der Waals surface area contributed by atoms with Gasteiger partial charge in [-0.3, -0.25) is 9.99 Å². The van der Waals surface area contributed by atoms with Gasteiger partial charge in [-0.25, -0.2) is 14.3 Å². The van der Waals surface area contributed by atoms with Gasteiger partial charge in [-0.2, -0.15) is 27.1 Å². The molecule has 0 radical (unpaired) electrons. The van der Waals surface area contributed by atoms with Crippen molar-refractivity contribution in [1.82, 2.24) is 26.4 Å². The highest BCUT2D eigenvalue weighted by Crippen LogP contribution is 2.46. The predicted octanol–water partition coefficient (Wildman–Crippen LogP) is 5.24. The fourth-order valence-electron chi connectivity index (χ4n) is 4.64. The molecule has 2 heterocycles. The van der Waals surface area contributed by atoms with Crippen LogP contribution in [0, 0.1) is 23.5 Å². The van der Waals surface area contributed by atoms with Gasteiger partial charge in [0, 0.05) is 35.5 Å². The van der Waals surface area contributed by atoms with Gasteiger partial charge in [0.1, 0.15) is 36.0 Å². The molecule has 1 aromatic heterocycles. The Morgan fingerprint density at radius 3 is 2.17 bits per heavy atom. The van der Waals surface area contributed by atoms with Crippen molar-refractivity contribution in [3.63, 3.8) is 0 Å². The number of aliphatic hydroxyl groups is 1. The smallest absolute Gasteiger partial charge is 0.401 e. The van der Waals surface area contributed by atoms with Crippen molar-refractivity contribution in [2.75, 3.05) is 13.1 Å². The third-order valence-electron chi connectivity index (χ3n) is 7.12. The Morgan fingerprint density at radius 1 is 0.854 bits per heavy atom. The lowest BCUT2D eigenvalue weighted by molar-refractivity contribution is -0.206. The number of hydrogen-bond donors (Lipinski definition) is 4. The molecule has 48 heavy (non-hydrogen) atoms. The minimum absolute atomic E-state index is 0.0862. The van der Waals surface area contributed by atoms with Crippen LogP contribution in [0.2, 0.25) is 0 Å². The summed E-state index contributed by atoms with van der Waals surface area (Å²) in [5, 5.41) is 18.2. The van der Waals surface area contributed by atoms with Crippen LogP contribution in [0.15, 0.2) is 90.2 Å². The number of β-amino-alcohol motifs (C(OH)–C–C–N with tert-alkyl or cyclic N) is 1. The summed E-state index contributed by atoms with van der Waals surface area (Å²) in [7, 11) is 0. The van der Waals surface area contributed by atoms with Crippen molar-refractivity contribution in [2.24, 2.45) is 5.10 Å². The van der Waals surface area contributed by atoms with Crippen molar-refractivity contribution in [2.45, 2.75) is 30.9 Å². The average molecular weight is 673 g/mol. The van der Waals surface area contributed by atoms with Crippen LogP contribution in [0.5, 0.6) is 5.75 Å². The predicted molar refractivity (Wildman–Crippen MR) is 161 cm³/mol. The zero-order valence-electron chi connectivity index (χ0n) is 24.8. The maximum atomic E-state index is 15.9. The Hall–Kier alpha value is -5.17. The molecular weight excluding hydrogens is 645 g/mol. The molecule has 0 saturated carbocycles. The van der Waals surface area contributed by atoms with E-state index >= 15 is 8.78 Å². The number of nitrogens with one attached hydrogen (secondary N) is 3. The summed E-state index contributed by atoms with van der Waals surface area (Å²) >= 11 is 0. The third kappa shape index (κ3) is 8.40. The number of ether oxygens (including phenoxy) is 1. The lowest BCUT2D eigenvalue weighted by atomic mass is 9.84. The number of pyridine rings is 1. The van der Waals surface area contributed by atoms with Gasteiger partial charge in [0.15, 0.2) is 5.60 Å². The second kappa shape index (κ2) is 14.3. The van der Waals surface area contributed by atoms with Crippen LogP contribution >= 0.6 is 0 Å². The molecular formula is C33H27F7N6O2. The van der Waals surface area contributed by atoms with Gasteiger partial charge in [0.2, 0.25) is 0 Å². The van der Waals surface area contributed by atoms with Gasteiger partial charge in [-0.05, 0) is 59.7 Å². The van der Waals surface area contributed by atoms with Gasteiger partial charge in [-0.15, -0.1) is 5.53 Å². The molecule has 0 fully saturated rings. The lowest BCUT2D eigenvalue weighted by Gasteiger charge is -2.38. The summed E-state index contributed by atoms with van der Waals surface area (Å²) in [5.74, 6) is -0.288. The first-order valence-corrected chi connectivity index (χ1v) is 14.3. The molecule has 1 aliphatic rings. The monoisotopic (exact) mass is 672 g/mol. The summed E-state index contributed by atoms with van der Waals surface area (Å²) < 4.78 is 103. The number of rotatable bonds is 11. The zero-order chi connectivity index (χ0) is 34.4. The molecule has 4 N–H and O–H groups in total. The van der Waals surface area contributed by atoms with E-state index in [1.54, 1.807) is 48.5 Å². The molecule has 1 aliphatic heterocycles. The molecule has 250 valence electrons. The van der Waals surface area contributed by atoms with Crippen LogP contribution in [0.3, 0.4) is 0 Å². The quantitative estimate of drug-likeness (QED) is 0.128. The zero-order valence-corrected chi connectivity index (χ0v) is 24.8. The molecule has 0 spiro atoms. The number of alkyl halides is 5. The summed E-state index contributed by atoms with van der Waals surface area (Å²) in [4.78, 5) is 3.81. The minimum Gasteiger partial charge on any atom is -0.489 e. The molecule has 1 unspecified atom stereocenters. The summed E-state index contributed by atoms with van der Waals surface area (Å²) in [6, 6.07) is 17.9. The summed E-state index contributed by atoms with van der Waals surface area (Å²) in [5.41, 5.74) is 2.15. The van der Waals surface area contributed by atoms with Gasteiger partial charge in [-0.1, -0.05) is 36.1 Å². The van der Waals surface area contributed by atoms with Crippen LogP contribution in [-0.4, -0.2) is 40.7 Å². The second-order valence-electron chi connectivity index (χ2n) is 10.7. The van der Waals surface area contributed by atoms with Crippen molar-refractivity contribution < 1.29 is 40.6 Å². The van der Waals surface area contributed by atoms with Crippen molar-refractivity contribution in [1.29, 1.82) is 0 Å². The first kappa shape index (κ1) is 34.2. The van der Waals surface area contributed by atoms with Crippen molar-refractivity contribution in [3.8, 4) is 17.6 Å². The maximum absolute atomic E-state index is 15.9. The number of nitrogens with zero attached hydrogens (tertiary/aromatic N) is 3. The fourth-order valence-corrected chi connectivity index (χ4v) is 4.64. The van der Waals surface area contributed by atoms with E-state index < -0.39 is 53.7 Å². The SMILES string of the molecule is OC(CN1C=NNN1)(c1ccc(F)cc1F)C(F)(F)c1ccc(C#Cc2ccc(OCc3ccc(CNCC(F)(F)F)cc3)cc2)cn1. The van der Waals surface area contributed by atoms with Crippen LogP contribution in [0.1, 0.15) is 33.5 Å². The third-order valence-corrected chi connectivity index (χ3v) is 7.12. The minimum atomic E-state index is -4.27. The van der Waals surface area contributed by atoms with E-state index in [2.05, 4.69) is 38.3 Å². The summed E-state index contributed by atoms with van der Waals surface area (Å²) in [6.45, 7) is -1.64. The number of hydrazone groups is 1. The van der Waals surface area contributed by atoms with E-state index in [4.69, 9.17) is 4.74 Å². The Morgan fingerprint density at radius 2 is 1.54 bits per heavy atom. The second-order valence-corrected chi connectivity index (χ2v) is 10.7. The molecule has 5 rings (SSSR count). The molecule has 0 bridgehead atoms. The van der Waals surface area contributed by atoms with Crippen LogP contribution in [0.25, 0.3) is 0 Å². The van der Waals surface area contributed by atoms with E-state index in [0.29, 0.717) is 22.9 Å². The largest absolute Gasteiger partial charge is 0.489 e. The number of hydrazine groups is 2. The summed E-state index contributed by atoms with van der Waals surface area (Å²) in [6.07, 6.45) is -2.11. The van der Waals surface area contributed by atoms with Crippen LogP contribution in [-0.2, 0) is 24.7 Å². The highest BCUT2D eigenvalue weighted by atomic mass is 19.4. The Kier molecular flexibility index (Phi) is 10.2. The normalized spacial score (nSPS) is 14.2. The Bertz CT molecular complexity index is 1790. The lowest BCUT2D eigenvalue weighted by Crippen LogP contribution is -2.54. The van der Waals surface area contributed by atoms with Crippen LogP contribution in [0.4, 0.5) is 30.7 Å². The highest BCUT2D eigenvalue weighted by Gasteiger charge is 2.58. The molecule has 0 amide bonds. The molecule has 0 saturated heterocycles. The molecule has 8 nitrogen and oxygen atoms in total. The topological polar surface area (TPSA) is 94.0 Å². The number of halogens is 7.